The number of aliphatic carboxylic acids is 1. The Morgan fingerprint density at radius 3 is 2.83 bits per heavy atom. The molecule has 4 rings (SSSR count). The van der Waals surface area contributed by atoms with Crippen molar-refractivity contribution in [1.29, 1.82) is 5.26 Å². The number of rotatable bonds is 6. The fraction of sp³-hybridized carbons (Fsp3) is 0.348. The van der Waals surface area contributed by atoms with Gasteiger partial charge in [0.25, 0.3) is 0 Å². The maximum absolute atomic E-state index is 13.0. The molecule has 2 aliphatic rings. The first-order valence-electron chi connectivity index (χ1n) is 9.81. The van der Waals surface area contributed by atoms with Crippen LogP contribution in [0.3, 0.4) is 0 Å². The second kappa shape index (κ2) is 7.25. The van der Waals surface area contributed by atoms with Gasteiger partial charge in [-0.15, -0.1) is 0 Å². The van der Waals surface area contributed by atoms with Crippen molar-refractivity contribution in [3.8, 4) is 11.8 Å². The summed E-state index contributed by atoms with van der Waals surface area (Å²) < 4.78 is 0. The lowest BCUT2D eigenvalue weighted by atomic mass is 9.94. The number of carbonyl (C=O) groups is 2. The lowest BCUT2D eigenvalue weighted by Gasteiger charge is -2.14. The highest BCUT2D eigenvalue weighted by atomic mass is 16.4. The quantitative estimate of drug-likeness (QED) is 0.699. The minimum absolute atomic E-state index is 0.0550. The Morgan fingerprint density at radius 2 is 2.07 bits per heavy atom. The van der Waals surface area contributed by atoms with Crippen molar-refractivity contribution in [3.05, 3.63) is 58.7 Å². The Bertz CT molecular complexity index is 1040. The van der Waals surface area contributed by atoms with Crippen LogP contribution >= 0.6 is 0 Å². The molecular weight excluding hydrogens is 368 g/mol. The molecule has 1 fully saturated rings. The van der Waals surface area contributed by atoms with Gasteiger partial charge in [0.1, 0.15) is 5.75 Å². The van der Waals surface area contributed by atoms with Gasteiger partial charge in [0.15, 0.2) is 0 Å². The third-order valence-electron chi connectivity index (χ3n) is 6.20. The number of benzene rings is 2. The van der Waals surface area contributed by atoms with Crippen LogP contribution in [0.5, 0.6) is 5.75 Å². The molecule has 0 unspecified atom stereocenters. The van der Waals surface area contributed by atoms with E-state index < -0.39 is 5.97 Å². The standard InChI is InChI=1S/C23H22N2O4/c24-13-14-4-5-16(2-1-3-21(27)28)20(10-14)25-22(29)19-12-23(19)9-8-15-6-7-17(26)11-18(15)23/h4-7,10-11,19,26H,1-3,8-9,12H2,(H,25,29)(H,27,28)/t19-,23-/m0/s1. The fourth-order valence-corrected chi connectivity index (χ4v) is 4.59. The van der Waals surface area contributed by atoms with Crippen LogP contribution in [0.25, 0.3) is 0 Å². The van der Waals surface area contributed by atoms with Gasteiger partial charge in [0.2, 0.25) is 5.91 Å². The van der Waals surface area contributed by atoms with Crippen LogP contribution in [0.1, 0.15) is 47.9 Å². The van der Waals surface area contributed by atoms with Crippen molar-refractivity contribution in [2.45, 2.75) is 43.9 Å². The van der Waals surface area contributed by atoms with Crippen LogP contribution < -0.4 is 5.32 Å². The first-order chi connectivity index (χ1) is 13.9. The van der Waals surface area contributed by atoms with Crippen molar-refractivity contribution in [1.82, 2.24) is 0 Å². The molecule has 2 aromatic carbocycles. The number of phenols is 1. The van der Waals surface area contributed by atoms with Crippen molar-refractivity contribution < 1.29 is 19.8 Å². The molecule has 0 saturated heterocycles. The van der Waals surface area contributed by atoms with Gasteiger partial charge in [0, 0.05) is 23.4 Å². The average molecular weight is 390 g/mol. The predicted molar refractivity (Wildman–Crippen MR) is 107 cm³/mol. The second-order valence-corrected chi connectivity index (χ2v) is 7.97. The monoisotopic (exact) mass is 390 g/mol. The highest BCUT2D eigenvalue weighted by Crippen LogP contribution is 2.62. The summed E-state index contributed by atoms with van der Waals surface area (Å²) in [6, 6.07) is 12.6. The molecule has 1 amide bonds. The Labute approximate surface area is 168 Å². The van der Waals surface area contributed by atoms with E-state index in [1.807, 2.05) is 6.07 Å². The number of hydrogen-bond donors (Lipinski definition) is 3. The number of nitrogens with zero attached hydrogens (tertiary/aromatic N) is 1. The van der Waals surface area contributed by atoms with Crippen LogP contribution in [0.15, 0.2) is 36.4 Å². The minimum Gasteiger partial charge on any atom is -0.508 e. The third kappa shape index (κ3) is 3.56. The number of carboxylic acid groups (broad SMARTS) is 1. The van der Waals surface area contributed by atoms with E-state index in [0.29, 0.717) is 24.1 Å². The van der Waals surface area contributed by atoms with Crippen LogP contribution in [0, 0.1) is 17.2 Å². The number of hydrogen-bond acceptors (Lipinski definition) is 4. The van der Waals surface area contributed by atoms with Gasteiger partial charge in [-0.25, -0.2) is 0 Å². The van der Waals surface area contributed by atoms with E-state index in [0.717, 1.165) is 30.4 Å². The number of carboxylic acids is 1. The Hall–Kier alpha value is -3.33. The van der Waals surface area contributed by atoms with Gasteiger partial charge >= 0.3 is 5.97 Å². The molecule has 1 saturated carbocycles. The topological polar surface area (TPSA) is 110 Å². The van der Waals surface area contributed by atoms with Crippen LogP contribution in [-0.2, 0) is 27.8 Å². The number of aryl methyl sites for hydroxylation is 2. The molecular formula is C23H22N2O4. The highest BCUT2D eigenvalue weighted by Gasteiger charge is 2.61. The number of anilines is 1. The summed E-state index contributed by atoms with van der Waals surface area (Å²) in [5, 5.41) is 30.9. The Kier molecular flexibility index (Phi) is 4.75. The van der Waals surface area contributed by atoms with Crippen molar-refractivity contribution >= 4 is 17.6 Å². The average Bonchev–Trinajstić information content (AvgIpc) is 3.33. The Balaban J connectivity index is 1.52. The maximum atomic E-state index is 13.0. The van der Waals surface area contributed by atoms with Gasteiger partial charge in [-0.1, -0.05) is 12.1 Å². The van der Waals surface area contributed by atoms with E-state index in [4.69, 9.17) is 5.11 Å². The SMILES string of the molecule is N#Cc1ccc(CCCC(=O)O)c(NC(=O)[C@@H]2C[C@]23CCc2ccc(O)cc23)c1. The summed E-state index contributed by atoms with van der Waals surface area (Å²) in [5.74, 6) is -0.884. The lowest BCUT2D eigenvalue weighted by Crippen LogP contribution is -2.20. The summed E-state index contributed by atoms with van der Waals surface area (Å²) in [6.45, 7) is 0. The van der Waals surface area contributed by atoms with Gasteiger partial charge in [-0.05, 0) is 73.1 Å². The number of phenolic OH excluding ortho intramolecular Hbond substituents is 1. The molecule has 2 aromatic rings. The molecule has 0 heterocycles. The second-order valence-electron chi connectivity index (χ2n) is 7.97. The van der Waals surface area contributed by atoms with E-state index in [2.05, 4.69) is 11.4 Å². The molecule has 6 nitrogen and oxygen atoms in total. The smallest absolute Gasteiger partial charge is 0.303 e. The van der Waals surface area contributed by atoms with Crippen molar-refractivity contribution in [3.63, 3.8) is 0 Å². The highest BCUT2D eigenvalue weighted by molar-refractivity contribution is 5.97. The number of carbonyl (C=O) groups excluding carboxylic acids is 1. The summed E-state index contributed by atoms with van der Waals surface area (Å²) in [7, 11) is 0. The Morgan fingerprint density at radius 1 is 1.24 bits per heavy atom. The molecule has 0 aliphatic heterocycles. The van der Waals surface area contributed by atoms with Gasteiger partial charge in [-0.3, -0.25) is 9.59 Å². The third-order valence-corrected chi connectivity index (χ3v) is 6.20. The number of fused-ring (bicyclic) bond motifs is 2. The summed E-state index contributed by atoms with van der Waals surface area (Å²) in [6.07, 6.45) is 3.59. The lowest BCUT2D eigenvalue weighted by molar-refractivity contribution is -0.137. The molecule has 2 atom stereocenters. The maximum Gasteiger partial charge on any atom is 0.303 e. The first kappa shape index (κ1) is 19.0. The number of aromatic hydroxyl groups is 1. The number of nitriles is 1. The zero-order valence-electron chi connectivity index (χ0n) is 15.9. The van der Waals surface area contributed by atoms with Gasteiger partial charge < -0.3 is 15.5 Å². The zero-order chi connectivity index (χ0) is 20.6. The first-order valence-corrected chi connectivity index (χ1v) is 9.81. The fourth-order valence-electron chi connectivity index (χ4n) is 4.59. The largest absolute Gasteiger partial charge is 0.508 e. The summed E-state index contributed by atoms with van der Waals surface area (Å²) in [4.78, 5) is 23.8. The zero-order valence-corrected chi connectivity index (χ0v) is 15.9. The molecule has 29 heavy (non-hydrogen) atoms. The van der Waals surface area contributed by atoms with E-state index in [1.54, 1.807) is 30.3 Å². The van der Waals surface area contributed by atoms with Crippen LogP contribution in [-0.4, -0.2) is 22.1 Å². The van der Waals surface area contributed by atoms with E-state index in [9.17, 15) is 20.0 Å². The van der Waals surface area contributed by atoms with Crippen molar-refractivity contribution in [2.75, 3.05) is 5.32 Å². The molecule has 2 aliphatic carbocycles. The van der Waals surface area contributed by atoms with Crippen molar-refractivity contribution in [2.24, 2.45) is 5.92 Å². The normalized spacial score (nSPS) is 21.4. The van der Waals surface area contributed by atoms with E-state index in [1.165, 1.54) is 5.56 Å². The van der Waals surface area contributed by atoms with Crippen LogP contribution in [0.2, 0.25) is 0 Å². The molecule has 0 bridgehead atoms. The van der Waals surface area contributed by atoms with E-state index >= 15 is 0 Å². The molecule has 0 aromatic heterocycles. The molecule has 1 spiro atoms. The molecule has 3 N–H and O–H groups in total. The molecule has 0 radical (unpaired) electrons. The van der Waals surface area contributed by atoms with Gasteiger partial charge in [0.05, 0.1) is 11.6 Å². The number of nitrogens with one attached hydrogen (secondary N) is 1. The molecule has 6 heteroatoms. The summed E-state index contributed by atoms with van der Waals surface area (Å²) in [5.41, 5.74) is 3.93. The minimum atomic E-state index is -0.854. The number of amides is 1. The summed E-state index contributed by atoms with van der Waals surface area (Å²) >= 11 is 0. The van der Waals surface area contributed by atoms with Crippen LogP contribution in [0.4, 0.5) is 5.69 Å². The molecule has 148 valence electrons. The predicted octanol–water partition coefficient (Wildman–Crippen LogP) is 3.51. The van der Waals surface area contributed by atoms with Gasteiger partial charge in [-0.2, -0.15) is 5.26 Å². The van der Waals surface area contributed by atoms with E-state index in [-0.39, 0.29) is 29.4 Å².